The Kier molecular flexibility index (Phi) is 7.70. The van der Waals surface area contributed by atoms with Crippen molar-refractivity contribution in [2.24, 2.45) is 5.10 Å². The summed E-state index contributed by atoms with van der Waals surface area (Å²) in [4.78, 5) is 23.6. The van der Waals surface area contributed by atoms with Gasteiger partial charge < -0.3 is 13.9 Å². The summed E-state index contributed by atoms with van der Waals surface area (Å²) in [7, 11) is 0. The van der Waals surface area contributed by atoms with Crippen LogP contribution in [0.4, 0.5) is 0 Å². The van der Waals surface area contributed by atoms with Crippen LogP contribution in [0.25, 0.3) is 11.3 Å². The molecule has 0 aliphatic carbocycles. The second-order valence-electron chi connectivity index (χ2n) is 6.16. The number of hydrogen-bond donors (Lipinski definition) is 1. The third-order valence-corrected chi connectivity index (χ3v) is 4.49. The first-order valence-corrected chi connectivity index (χ1v) is 9.99. The number of nitrogens with one attached hydrogen (secondary N) is 1. The van der Waals surface area contributed by atoms with E-state index in [4.69, 9.17) is 37.1 Å². The van der Waals surface area contributed by atoms with Gasteiger partial charge in [-0.25, -0.2) is 10.2 Å². The Morgan fingerprint density at radius 1 is 1.10 bits per heavy atom. The minimum Gasteiger partial charge on any atom is -0.482 e. The van der Waals surface area contributed by atoms with Crippen LogP contribution in [0.1, 0.15) is 23.0 Å². The minimum atomic E-state index is -0.478. The number of hydrogen-bond acceptors (Lipinski definition) is 6. The third-order valence-electron chi connectivity index (χ3n) is 3.94. The predicted molar refractivity (Wildman–Crippen MR) is 118 cm³/mol. The van der Waals surface area contributed by atoms with Crippen LogP contribution in [0, 0.1) is 0 Å². The fourth-order valence-corrected chi connectivity index (χ4v) is 2.83. The van der Waals surface area contributed by atoms with E-state index < -0.39 is 5.91 Å². The summed E-state index contributed by atoms with van der Waals surface area (Å²) in [6.45, 7) is 1.79. The van der Waals surface area contributed by atoms with Gasteiger partial charge in [0.15, 0.2) is 6.61 Å². The highest BCUT2D eigenvalue weighted by molar-refractivity contribution is 6.34. The topological polar surface area (TPSA) is 90.1 Å². The zero-order chi connectivity index (χ0) is 22.2. The molecule has 9 heteroatoms. The van der Waals surface area contributed by atoms with Crippen LogP contribution in [-0.2, 0) is 9.53 Å². The zero-order valence-electron chi connectivity index (χ0n) is 16.4. The molecule has 3 aromatic rings. The van der Waals surface area contributed by atoms with Gasteiger partial charge in [-0.3, -0.25) is 4.79 Å². The molecule has 0 atom stereocenters. The lowest BCUT2D eigenvalue weighted by Gasteiger charge is -2.07. The van der Waals surface area contributed by atoms with E-state index in [1.807, 2.05) is 0 Å². The van der Waals surface area contributed by atoms with E-state index in [1.54, 1.807) is 55.5 Å². The van der Waals surface area contributed by atoms with E-state index in [1.165, 1.54) is 12.3 Å². The van der Waals surface area contributed by atoms with E-state index in [0.29, 0.717) is 39.5 Å². The summed E-state index contributed by atoms with van der Waals surface area (Å²) < 4.78 is 16.0. The first kappa shape index (κ1) is 22.4. The van der Waals surface area contributed by atoms with E-state index in [9.17, 15) is 9.59 Å². The van der Waals surface area contributed by atoms with Crippen molar-refractivity contribution in [1.29, 1.82) is 0 Å². The highest BCUT2D eigenvalue weighted by Gasteiger charge is 2.09. The molecule has 0 radical (unpaired) electrons. The maximum Gasteiger partial charge on any atom is 0.338 e. The summed E-state index contributed by atoms with van der Waals surface area (Å²) in [5.74, 6) is 0.468. The molecule has 0 saturated heterocycles. The van der Waals surface area contributed by atoms with Gasteiger partial charge in [0.25, 0.3) is 5.91 Å². The number of ether oxygens (including phenoxy) is 2. The van der Waals surface area contributed by atoms with Crippen molar-refractivity contribution in [1.82, 2.24) is 5.43 Å². The fraction of sp³-hybridized carbons (Fsp3) is 0.136. The molecule has 1 N–H and O–H groups in total. The van der Waals surface area contributed by atoms with Crippen LogP contribution in [0.3, 0.4) is 0 Å². The molecular formula is C22H18Cl2N2O5. The van der Waals surface area contributed by atoms with Gasteiger partial charge in [0.2, 0.25) is 0 Å². The van der Waals surface area contributed by atoms with Gasteiger partial charge in [0.05, 0.1) is 23.4 Å². The smallest absolute Gasteiger partial charge is 0.338 e. The van der Waals surface area contributed by atoms with Crippen LogP contribution >= 0.6 is 23.2 Å². The number of benzene rings is 2. The Balaban J connectivity index is 1.52. The molecular weight excluding hydrogens is 443 g/mol. The average molecular weight is 461 g/mol. The standard InChI is InChI=1S/C22H18Cl2N2O5/c1-2-29-22(28)15-5-3-14(4-6-15)19-10-8-17(31-19)12-25-26-21(27)13-30-20-11-16(23)7-9-18(20)24/h3-12H,2,13H2,1H3,(H,26,27)/b25-12-. The molecule has 1 aromatic heterocycles. The molecule has 0 aliphatic heterocycles. The van der Waals surface area contributed by atoms with Gasteiger partial charge in [0.1, 0.15) is 17.3 Å². The molecule has 7 nitrogen and oxygen atoms in total. The molecule has 2 aromatic carbocycles. The van der Waals surface area contributed by atoms with Crippen LogP contribution in [0.2, 0.25) is 10.0 Å². The van der Waals surface area contributed by atoms with Crippen LogP contribution in [0.15, 0.2) is 64.1 Å². The molecule has 31 heavy (non-hydrogen) atoms. The van der Waals surface area contributed by atoms with Gasteiger partial charge >= 0.3 is 5.97 Å². The van der Waals surface area contributed by atoms with Gasteiger partial charge in [0, 0.05) is 16.7 Å². The highest BCUT2D eigenvalue weighted by atomic mass is 35.5. The maximum atomic E-state index is 11.9. The van der Waals surface area contributed by atoms with Crippen molar-refractivity contribution in [2.75, 3.05) is 13.2 Å². The fourth-order valence-electron chi connectivity index (χ4n) is 2.49. The SMILES string of the molecule is CCOC(=O)c1ccc(-c2ccc(/C=N\NC(=O)COc3cc(Cl)ccc3Cl)o2)cc1. The van der Waals surface area contributed by atoms with Crippen LogP contribution in [-0.4, -0.2) is 31.3 Å². The van der Waals surface area contributed by atoms with Crippen molar-refractivity contribution >= 4 is 41.3 Å². The van der Waals surface area contributed by atoms with Crippen molar-refractivity contribution < 1.29 is 23.5 Å². The Hall–Kier alpha value is -3.29. The number of furan rings is 1. The Morgan fingerprint density at radius 3 is 2.61 bits per heavy atom. The molecule has 1 heterocycles. The predicted octanol–water partition coefficient (Wildman–Crippen LogP) is 4.96. The average Bonchev–Trinajstić information content (AvgIpc) is 3.23. The van der Waals surface area contributed by atoms with Gasteiger partial charge in [-0.1, -0.05) is 35.3 Å². The first-order valence-electron chi connectivity index (χ1n) is 9.23. The molecule has 0 unspecified atom stereocenters. The second kappa shape index (κ2) is 10.7. The number of halogens is 2. The number of carbonyl (C=O) groups is 2. The lowest BCUT2D eigenvalue weighted by atomic mass is 10.1. The van der Waals surface area contributed by atoms with Gasteiger partial charge in [-0.05, 0) is 43.3 Å². The number of carbonyl (C=O) groups excluding carboxylic acids is 2. The number of amides is 1. The molecule has 0 spiro atoms. The number of nitrogens with zero attached hydrogens (tertiary/aromatic N) is 1. The largest absolute Gasteiger partial charge is 0.482 e. The molecule has 0 bridgehead atoms. The van der Waals surface area contributed by atoms with Gasteiger partial charge in [-0.2, -0.15) is 5.10 Å². The van der Waals surface area contributed by atoms with Crippen molar-refractivity contribution in [3.8, 4) is 17.1 Å². The number of rotatable bonds is 8. The quantitative estimate of drug-likeness (QED) is 0.291. The lowest BCUT2D eigenvalue weighted by Crippen LogP contribution is -2.24. The summed E-state index contributed by atoms with van der Waals surface area (Å²) in [5.41, 5.74) is 3.58. The normalized spacial score (nSPS) is 10.8. The first-order chi connectivity index (χ1) is 15.0. The lowest BCUT2D eigenvalue weighted by molar-refractivity contribution is -0.123. The monoisotopic (exact) mass is 460 g/mol. The maximum absolute atomic E-state index is 11.9. The third kappa shape index (κ3) is 6.34. The molecule has 0 aliphatic rings. The Bertz CT molecular complexity index is 1090. The Morgan fingerprint density at radius 2 is 1.87 bits per heavy atom. The van der Waals surface area contributed by atoms with Crippen molar-refractivity contribution in [3.05, 3.63) is 76.0 Å². The molecule has 1 amide bonds. The summed E-state index contributed by atoms with van der Waals surface area (Å²) in [6, 6.07) is 15.0. The van der Waals surface area contributed by atoms with E-state index in [2.05, 4.69) is 10.5 Å². The highest BCUT2D eigenvalue weighted by Crippen LogP contribution is 2.27. The molecule has 3 rings (SSSR count). The molecule has 0 fully saturated rings. The summed E-state index contributed by atoms with van der Waals surface area (Å²) in [6.07, 6.45) is 1.36. The van der Waals surface area contributed by atoms with Crippen molar-refractivity contribution in [2.45, 2.75) is 6.92 Å². The summed E-state index contributed by atoms with van der Waals surface area (Å²) in [5, 5.41) is 4.63. The summed E-state index contributed by atoms with van der Waals surface area (Å²) >= 11 is 11.8. The van der Waals surface area contributed by atoms with Crippen molar-refractivity contribution in [3.63, 3.8) is 0 Å². The number of hydrazone groups is 1. The number of esters is 1. The van der Waals surface area contributed by atoms with E-state index in [0.717, 1.165) is 5.56 Å². The van der Waals surface area contributed by atoms with E-state index >= 15 is 0 Å². The zero-order valence-corrected chi connectivity index (χ0v) is 17.9. The minimum absolute atomic E-state index is 0.284. The molecule has 160 valence electrons. The van der Waals surface area contributed by atoms with Gasteiger partial charge in [-0.15, -0.1) is 0 Å². The van der Waals surface area contributed by atoms with Crippen LogP contribution in [0.5, 0.6) is 5.75 Å². The molecule has 0 saturated carbocycles. The van der Waals surface area contributed by atoms with Crippen LogP contribution < -0.4 is 10.2 Å². The Labute approximate surface area is 188 Å². The second-order valence-corrected chi connectivity index (χ2v) is 7.00. The van der Waals surface area contributed by atoms with E-state index in [-0.39, 0.29) is 12.6 Å².